The molecule has 0 radical (unpaired) electrons. The van der Waals surface area contributed by atoms with Crippen LogP contribution in [0.2, 0.25) is 5.02 Å². The van der Waals surface area contributed by atoms with Crippen LogP contribution in [0.3, 0.4) is 0 Å². The lowest BCUT2D eigenvalue weighted by atomic mass is 10.00. The smallest absolute Gasteiger partial charge is 0.256 e. The van der Waals surface area contributed by atoms with Crippen molar-refractivity contribution in [2.45, 2.75) is 19.9 Å². The van der Waals surface area contributed by atoms with Crippen molar-refractivity contribution in [1.82, 2.24) is 14.8 Å². The molecule has 2 aromatic heterocycles. The molecule has 1 aliphatic heterocycles. The van der Waals surface area contributed by atoms with E-state index in [4.69, 9.17) is 25.5 Å². The van der Waals surface area contributed by atoms with E-state index >= 15 is 0 Å². The number of fused-ring (bicyclic) bond motifs is 1. The number of aryl methyl sites for hydroxylation is 1. The average Bonchev–Trinajstić information content (AvgIpc) is 3.36. The van der Waals surface area contributed by atoms with Gasteiger partial charge in [0, 0.05) is 17.8 Å². The Balaban J connectivity index is 1.75. The summed E-state index contributed by atoms with van der Waals surface area (Å²) in [5.41, 5.74) is 1.48. The fraction of sp³-hybridized carbons (Fsp3) is 0.250. The number of anilines is 2. The molecule has 1 atom stereocenters. The highest BCUT2D eigenvalue weighted by Crippen LogP contribution is 2.39. The minimum atomic E-state index is -0.586. The van der Waals surface area contributed by atoms with Crippen molar-refractivity contribution in [2.24, 2.45) is 0 Å². The number of benzene rings is 1. The van der Waals surface area contributed by atoms with Crippen LogP contribution in [0.15, 0.2) is 46.3 Å². The number of rotatable bonds is 5. The molecule has 1 aliphatic rings. The first-order chi connectivity index (χ1) is 14.4. The summed E-state index contributed by atoms with van der Waals surface area (Å²) in [6.45, 7) is 3.64. The number of amides is 1. The Hall–Kier alpha value is -3.46. The molecule has 10 heteroatoms. The van der Waals surface area contributed by atoms with Gasteiger partial charge in [-0.15, -0.1) is 0 Å². The van der Waals surface area contributed by atoms with Crippen LogP contribution >= 0.6 is 11.6 Å². The second-order valence-electron chi connectivity index (χ2n) is 6.68. The molecule has 0 aliphatic carbocycles. The molecule has 30 heavy (non-hydrogen) atoms. The molecule has 156 valence electrons. The maximum absolute atomic E-state index is 13.4. The van der Waals surface area contributed by atoms with Crippen molar-refractivity contribution < 1.29 is 18.7 Å². The molecule has 4 rings (SSSR count). The first-order valence-electron chi connectivity index (χ1n) is 9.09. The minimum absolute atomic E-state index is 0.358. The lowest BCUT2D eigenvalue weighted by molar-refractivity contribution is -0.113. The molecule has 1 aromatic carbocycles. The summed E-state index contributed by atoms with van der Waals surface area (Å²) in [4.78, 5) is 17.6. The number of furan rings is 1. The van der Waals surface area contributed by atoms with Gasteiger partial charge in [-0.05, 0) is 26.0 Å². The lowest BCUT2D eigenvalue weighted by Gasteiger charge is -2.27. The topological polar surface area (TPSA) is 103 Å². The van der Waals surface area contributed by atoms with Crippen molar-refractivity contribution in [2.75, 3.05) is 24.9 Å². The first-order valence-corrected chi connectivity index (χ1v) is 9.47. The van der Waals surface area contributed by atoms with E-state index < -0.39 is 6.04 Å². The fourth-order valence-electron chi connectivity index (χ4n) is 3.40. The van der Waals surface area contributed by atoms with Crippen molar-refractivity contribution in [3.63, 3.8) is 0 Å². The lowest BCUT2D eigenvalue weighted by Crippen LogP contribution is -2.31. The fourth-order valence-corrected chi connectivity index (χ4v) is 3.63. The number of allylic oxidation sites excluding steroid dienone is 1. The van der Waals surface area contributed by atoms with Gasteiger partial charge in [-0.1, -0.05) is 11.6 Å². The number of aromatic nitrogens is 3. The summed E-state index contributed by atoms with van der Waals surface area (Å²) in [5, 5.41) is 10.7. The molecule has 1 unspecified atom stereocenters. The molecule has 9 nitrogen and oxygen atoms in total. The molecule has 3 aromatic rings. The number of hydrogen-bond acceptors (Lipinski definition) is 7. The van der Waals surface area contributed by atoms with Gasteiger partial charge in [-0.25, -0.2) is 4.68 Å². The Morgan fingerprint density at radius 3 is 2.67 bits per heavy atom. The van der Waals surface area contributed by atoms with E-state index in [2.05, 4.69) is 20.7 Å². The van der Waals surface area contributed by atoms with Crippen molar-refractivity contribution in [3.05, 3.63) is 58.4 Å². The third kappa shape index (κ3) is 3.37. The summed E-state index contributed by atoms with van der Waals surface area (Å²) < 4.78 is 18.1. The summed E-state index contributed by atoms with van der Waals surface area (Å²) >= 11 is 6.17. The van der Waals surface area contributed by atoms with Gasteiger partial charge in [-0.2, -0.15) is 10.1 Å². The quantitative estimate of drug-likeness (QED) is 0.636. The SMILES string of the molecule is COc1cc(NC(=O)C2=C(C)Nc3ncnn3C2c2ccc(C)o2)c(OC)cc1Cl. The number of carbonyl (C=O) groups is 1. The van der Waals surface area contributed by atoms with Crippen LogP contribution in [0.5, 0.6) is 11.5 Å². The average molecular weight is 430 g/mol. The summed E-state index contributed by atoms with van der Waals surface area (Å²) in [5.74, 6) is 2.29. The van der Waals surface area contributed by atoms with Gasteiger partial charge in [-0.3, -0.25) is 4.79 Å². The molecular formula is C20H20ClN5O4. The zero-order valence-electron chi connectivity index (χ0n) is 16.8. The number of halogens is 1. The van der Waals surface area contributed by atoms with E-state index in [-0.39, 0.29) is 5.91 Å². The summed E-state index contributed by atoms with van der Waals surface area (Å²) in [7, 11) is 3.00. The van der Waals surface area contributed by atoms with Gasteiger partial charge in [0.2, 0.25) is 5.95 Å². The van der Waals surface area contributed by atoms with Gasteiger partial charge in [0.15, 0.2) is 0 Å². The number of carbonyl (C=O) groups excluding carboxylic acids is 1. The third-order valence-corrected chi connectivity index (χ3v) is 5.09. The second-order valence-corrected chi connectivity index (χ2v) is 7.09. The van der Waals surface area contributed by atoms with Crippen LogP contribution in [0.1, 0.15) is 24.5 Å². The number of hydrogen-bond donors (Lipinski definition) is 2. The zero-order valence-corrected chi connectivity index (χ0v) is 17.6. The van der Waals surface area contributed by atoms with Crippen LogP contribution in [0.25, 0.3) is 0 Å². The van der Waals surface area contributed by atoms with E-state index in [0.29, 0.717) is 45.2 Å². The third-order valence-electron chi connectivity index (χ3n) is 4.79. The van der Waals surface area contributed by atoms with Crippen LogP contribution in [0, 0.1) is 6.92 Å². The largest absolute Gasteiger partial charge is 0.495 e. The number of nitrogens with one attached hydrogen (secondary N) is 2. The Labute approximate surface area is 177 Å². The Morgan fingerprint density at radius 2 is 2.00 bits per heavy atom. The van der Waals surface area contributed by atoms with Crippen LogP contribution in [-0.2, 0) is 4.79 Å². The van der Waals surface area contributed by atoms with Gasteiger partial charge < -0.3 is 24.5 Å². The van der Waals surface area contributed by atoms with Crippen molar-refractivity contribution in [3.8, 4) is 11.5 Å². The van der Waals surface area contributed by atoms with Gasteiger partial charge in [0.25, 0.3) is 5.91 Å². The zero-order chi connectivity index (χ0) is 21.4. The highest BCUT2D eigenvalue weighted by atomic mass is 35.5. The molecule has 0 bridgehead atoms. The second kappa shape index (κ2) is 7.75. The minimum Gasteiger partial charge on any atom is -0.495 e. The standard InChI is InChI=1S/C20H20ClN5O4/c1-10-5-6-14(30-10)18-17(11(2)24-20-22-9-23-26(18)20)19(27)25-13-8-15(28-3)12(21)7-16(13)29-4/h5-9,18H,1-4H3,(H,25,27)(H,22,23,24). The summed E-state index contributed by atoms with van der Waals surface area (Å²) in [6, 6.07) is 6.27. The molecule has 2 N–H and O–H groups in total. The van der Waals surface area contributed by atoms with E-state index in [1.54, 1.807) is 23.7 Å². The molecule has 0 spiro atoms. The predicted molar refractivity (Wildman–Crippen MR) is 111 cm³/mol. The highest BCUT2D eigenvalue weighted by molar-refractivity contribution is 6.32. The van der Waals surface area contributed by atoms with Gasteiger partial charge in [0.05, 0.1) is 30.5 Å². The Bertz CT molecular complexity index is 1150. The molecule has 3 heterocycles. The normalized spacial score (nSPS) is 15.4. The molecule has 1 amide bonds. The predicted octanol–water partition coefficient (Wildman–Crippen LogP) is 3.78. The highest BCUT2D eigenvalue weighted by Gasteiger charge is 2.35. The molecule has 0 saturated heterocycles. The molecular weight excluding hydrogens is 410 g/mol. The maximum atomic E-state index is 13.4. The molecule has 0 fully saturated rings. The number of nitrogens with zero attached hydrogens (tertiary/aromatic N) is 3. The number of methoxy groups -OCH3 is 2. The van der Waals surface area contributed by atoms with Gasteiger partial charge in [0.1, 0.15) is 35.4 Å². The van der Waals surface area contributed by atoms with E-state index in [1.165, 1.54) is 20.5 Å². The van der Waals surface area contributed by atoms with E-state index in [1.807, 2.05) is 19.1 Å². The maximum Gasteiger partial charge on any atom is 0.256 e. The van der Waals surface area contributed by atoms with E-state index in [9.17, 15) is 4.79 Å². The van der Waals surface area contributed by atoms with Gasteiger partial charge >= 0.3 is 0 Å². The Morgan fingerprint density at radius 1 is 1.23 bits per heavy atom. The van der Waals surface area contributed by atoms with Crippen molar-refractivity contribution >= 4 is 29.1 Å². The van der Waals surface area contributed by atoms with Crippen LogP contribution < -0.4 is 20.1 Å². The number of ether oxygens (including phenoxy) is 2. The molecule has 0 saturated carbocycles. The Kier molecular flexibility index (Phi) is 5.13. The first kappa shape index (κ1) is 19.8. The van der Waals surface area contributed by atoms with Crippen LogP contribution in [-0.4, -0.2) is 34.9 Å². The monoisotopic (exact) mass is 429 g/mol. The summed E-state index contributed by atoms with van der Waals surface area (Å²) in [6.07, 6.45) is 1.42. The van der Waals surface area contributed by atoms with Crippen LogP contribution in [0.4, 0.5) is 11.6 Å². The van der Waals surface area contributed by atoms with Crippen molar-refractivity contribution in [1.29, 1.82) is 0 Å². The van der Waals surface area contributed by atoms with E-state index in [0.717, 1.165) is 5.76 Å².